The lowest BCUT2D eigenvalue weighted by Crippen LogP contribution is -2.30. The molecule has 2 aromatic heterocycles. The largest absolute Gasteiger partial charge is 0.480 e. The normalized spacial score (nSPS) is 10.7. The number of rotatable bonds is 4. The fraction of sp³-hybridized carbons (Fsp3) is 0.308. The Balaban J connectivity index is 0.000000376. The van der Waals surface area contributed by atoms with Crippen molar-refractivity contribution in [2.75, 3.05) is 17.7 Å². The Labute approximate surface area is 154 Å². The number of nitrogens with zero attached hydrogens (tertiary/aromatic N) is 1. The predicted octanol–water partition coefficient (Wildman–Crippen LogP) is -1.16. The zero-order chi connectivity index (χ0) is 21.0. The molecule has 0 aliphatic heterocycles. The van der Waals surface area contributed by atoms with E-state index in [0.29, 0.717) is 12.6 Å². The maximum atomic E-state index is 12.1. The maximum absolute atomic E-state index is 12.1. The van der Waals surface area contributed by atoms with Gasteiger partial charge in [-0.1, -0.05) is 0 Å². The second-order valence-electron chi connectivity index (χ2n) is 4.60. The molecule has 0 unspecified atom stereocenters. The van der Waals surface area contributed by atoms with Crippen molar-refractivity contribution in [2.45, 2.75) is 12.5 Å². The van der Waals surface area contributed by atoms with Crippen molar-refractivity contribution in [3.05, 3.63) is 55.4 Å². The van der Waals surface area contributed by atoms with Gasteiger partial charge < -0.3 is 21.6 Å². The van der Waals surface area contributed by atoms with Crippen LogP contribution >= 0.6 is 11.8 Å². The fourth-order valence-electron chi connectivity index (χ4n) is 1.15. The molecule has 0 fully saturated rings. The fourth-order valence-corrected chi connectivity index (χ4v) is 1.64. The van der Waals surface area contributed by atoms with Gasteiger partial charge in [0.05, 0.1) is 6.20 Å². The molecule has 0 radical (unpaired) electrons. The third-order valence-electron chi connectivity index (χ3n) is 2.52. The zero-order valence-electron chi connectivity index (χ0n) is 14.0. The van der Waals surface area contributed by atoms with E-state index >= 15 is 0 Å². The van der Waals surface area contributed by atoms with E-state index in [2.05, 4.69) is 4.98 Å². The number of nitrogen functional groups attached to an aromatic ring is 1. The maximum Gasteiger partial charge on any atom is 0.346 e. The van der Waals surface area contributed by atoms with E-state index in [1.165, 1.54) is 0 Å². The Morgan fingerprint density at radius 3 is 2.33 bits per heavy atom. The zero-order valence-corrected chi connectivity index (χ0v) is 14.8. The van der Waals surface area contributed by atoms with Gasteiger partial charge in [0.15, 0.2) is 5.82 Å². The number of nitrogens with two attached hydrogens (primary N) is 2. The third kappa shape index (κ3) is 10.6. The molecule has 0 amide bonds. The molecule has 11 nitrogen and oxygen atoms in total. The highest BCUT2D eigenvalue weighted by molar-refractivity contribution is 7.98. The van der Waals surface area contributed by atoms with Gasteiger partial charge in [-0.2, -0.15) is 21.1 Å². The Morgan fingerprint density at radius 1 is 1.30 bits per heavy atom. The topological polar surface area (TPSA) is 201 Å². The first-order chi connectivity index (χ1) is 12.6. The van der Waals surface area contributed by atoms with Gasteiger partial charge in [-0.15, -0.1) is 0 Å². The molecular weight excluding hydrogens is 390 g/mol. The van der Waals surface area contributed by atoms with Crippen molar-refractivity contribution < 1.29 is 18.7 Å². The molecule has 27 heavy (non-hydrogen) atoms. The highest BCUT2D eigenvalue weighted by atomic mass is 32.2. The van der Waals surface area contributed by atoms with Crippen LogP contribution < -0.4 is 28.4 Å². The van der Waals surface area contributed by atoms with Crippen molar-refractivity contribution >= 4 is 23.5 Å². The number of H-pyrrole nitrogens is 3. The Hall–Kier alpha value is -3.00. The number of aromatic nitrogens is 4. The molecule has 2 heterocycles. The second kappa shape index (κ2) is 12.4. The summed E-state index contributed by atoms with van der Waals surface area (Å²) in [5, 5.41) is 8.27. The van der Waals surface area contributed by atoms with Crippen LogP contribution in [0.25, 0.3) is 0 Å². The van der Waals surface area contributed by atoms with Gasteiger partial charge >= 0.3 is 17.3 Å². The molecule has 1 atom stereocenters. The minimum atomic E-state index is -1.00. The summed E-state index contributed by atoms with van der Waals surface area (Å²) in [6.07, 6.45) is 3.96. The summed E-state index contributed by atoms with van der Waals surface area (Å²) < 4.78 is 24.1. The van der Waals surface area contributed by atoms with E-state index in [0.717, 1.165) is 11.9 Å². The summed E-state index contributed by atoms with van der Waals surface area (Å²) >= 11 is 1.60. The quantitative estimate of drug-likeness (QED) is 0.361. The van der Waals surface area contributed by atoms with E-state index in [1.807, 2.05) is 16.2 Å². The molecule has 0 bridgehead atoms. The Morgan fingerprint density at radius 2 is 1.93 bits per heavy atom. The lowest BCUT2D eigenvalue weighted by atomic mass is 10.2. The molecule has 0 aliphatic carbocycles. The average Bonchev–Trinajstić information content (AvgIpc) is 2.61. The molecule has 8 N–H and O–H groups in total. The van der Waals surface area contributed by atoms with Crippen LogP contribution in [0.15, 0.2) is 26.8 Å². The predicted molar refractivity (Wildman–Crippen MR) is 95.5 cm³/mol. The smallest absolute Gasteiger partial charge is 0.346 e. The monoisotopic (exact) mass is 408 g/mol. The van der Waals surface area contributed by atoms with Gasteiger partial charge in [-0.05, 0) is 18.4 Å². The van der Waals surface area contributed by atoms with Crippen LogP contribution in [0.2, 0.25) is 0 Å². The number of hydrogen-bond acceptors (Lipinski definition) is 8. The minimum Gasteiger partial charge on any atom is -0.480 e. The van der Waals surface area contributed by atoms with Crippen molar-refractivity contribution in [3.8, 4) is 0 Å². The molecule has 0 aliphatic rings. The average molecular weight is 408 g/mol. The lowest BCUT2D eigenvalue weighted by Gasteiger charge is -2.02. The third-order valence-corrected chi connectivity index (χ3v) is 3.16. The summed E-state index contributed by atoms with van der Waals surface area (Å²) in [5.41, 5.74) is 7.79. The molecule has 0 spiro atoms. The number of hydrogen-bond donors (Lipinski definition) is 6. The standard InChI is InChI=1S/C5H11NO2S.C4H4FN3O.C4H3FN2O2/c1-9-3-2-4(6)5(7)8;5-2-1-7-4(9)8-3(2)6;5-2-1-6-4(9)7-3(2)8/h4H,2-3,6H2,1H3,(H,7,8);1H,(H3,6,7,8,9);1H,(H2,6,7,8,9)/t4-;;/m0../s1. The molecular formula is C13H18F2N6O5S. The summed E-state index contributed by atoms with van der Waals surface area (Å²) in [4.78, 5) is 49.4. The lowest BCUT2D eigenvalue weighted by molar-refractivity contribution is -0.138. The number of aliphatic carboxylic acids is 1. The summed E-state index contributed by atoms with van der Waals surface area (Å²) in [6, 6.07) is -0.683. The molecule has 2 rings (SSSR count). The van der Waals surface area contributed by atoms with Crippen LogP contribution in [0.1, 0.15) is 6.42 Å². The van der Waals surface area contributed by atoms with Crippen LogP contribution in [-0.4, -0.2) is 49.1 Å². The molecule has 0 saturated heterocycles. The first-order valence-corrected chi connectivity index (χ1v) is 8.43. The molecule has 2 aromatic rings. The van der Waals surface area contributed by atoms with Gasteiger partial charge in [0.2, 0.25) is 5.82 Å². The first kappa shape index (κ1) is 24.0. The second-order valence-corrected chi connectivity index (χ2v) is 5.58. The van der Waals surface area contributed by atoms with Crippen LogP contribution in [0.5, 0.6) is 0 Å². The molecule has 14 heteroatoms. The van der Waals surface area contributed by atoms with Gasteiger partial charge in [0.1, 0.15) is 11.9 Å². The van der Waals surface area contributed by atoms with Crippen molar-refractivity contribution in [1.29, 1.82) is 0 Å². The number of thioether (sulfide) groups is 1. The van der Waals surface area contributed by atoms with Crippen molar-refractivity contribution in [3.63, 3.8) is 0 Å². The first-order valence-electron chi connectivity index (χ1n) is 7.03. The SMILES string of the molecule is CSCC[C@H](N)C(=O)O.Nc1[nH]c(=O)ncc1F.O=c1[nH]cc(F)c(=O)[nH]1. The number of carboxylic acid groups (broad SMARTS) is 1. The van der Waals surface area contributed by atoms with E-state index in [1.54, 1.807) is 16.7 Å². The number of carbonyl (C=O) groups is 1. The number of aromatic amines is 3. The van der Waals surface area contributed by atoms with E-state index < -0.39 is 40.6 Å². The van der Waals surface area contributed by atoms with Gasteiger partial charge in [0.25, 0.3) is 5.56 Å². The highest BCUT2D eigenvalue weighted by Crippen LogP contribution is 1.98. The van der Waals surface area contributed by atoms with Gasteiger partial charge in [0, 0.05) is 6.20 Å². The van der Waals surface area contributed by atoms with Crippen molar-refractivity contribution in [1.82, 2.24) is 19.9 Å². The van der Waals surface area contributed by atoms with Crippen LogP contribution in [0.3, 0.4) is 0 Å². The number of nitrogens with one attached hydrogen (secondary N) is 3. The molecule has 0 saturated carbocycles. The number of halogens is 2. The summed E-state index contributed by atoms with van der Waals surface area (Å²) in [7, 11) is 0. The minimum absolute atomic E-state index is 0.282. The summed E-state index contributed by atoms with van der Waals surface area (Å²) in [5.74, 6) is -2.09. The van der Waals surface area contributed by atoms with E-state index in [-0.39, 0.29) is 5.82 Å². The van der Waals surface area contributed by atoms with Gasteiger partial charge in [-0.25, -0.2) is 14.0 Å². The van der Waals surface area contributed by atoms with Gasteiger partial charge in [-0.3, -0.25) is 19.6 Å². The highest BCUT2D eigenvalue weighted by Gasteiger charge is 2.08. The van der Waals surface area contributed by atoms with E-state index in [9.17, 15) is 28.0 Å². The summed E-state index contributed by atoms with van der Waals surface area (Å²) in [6.45, 7) is 0. The Bertz CT molecular complexity index is 899. The van der Waals surface area contributed by atoms with Crippen molar-refractivity contribution in [2.24, 2.45) is 5.73 Å². The molecule has 150 valence electrons. The van der Waals surface area contributed by atoms with E-state index in [4.69, 9.17) is 16.6 Å². The Kier molecular flexibility index (Phi) is 11.0. The van der Waals surface area contributed by atoms with Crippen LogP contribution in [-0.2, 0) is 4.79 Å². The number of carboxylic acids is 1. The van der Waals surface area contributed by atoms with Crippen LogP contribution in [0.4, 0.5) is 14.6 Å². The number of anilines is 1. The molecule has 0 aromatic carbocycles. The van der Waals surface area contributed by atoms with Crippen LogP contribution in [0, 0.1) is 11.6 Å².